The van der Waals surface area contributed by atoms with Gasteiger partial charge in [-0.1, -0.05) is 23.7 Å². The molecule has 152 valence electrons. The summed E-state index contributed by atoms with van der Waals surface area (Å²) in [4.78, 5) is 19.2. The van der Waals surface area contributed by atoms with Crippen molar-refractivity contribution in [3.05, 3.63) is 52.4 Å². The first-order valence-electron chi connectivity index (χ1n) is 9.32. The quantitative estimate of drug-likeness (QED) is 0.694. The highest BCUT2D eigenvalue weighted by molar-refractivity contribution is 6.30. The van der Waals surface area contributed by atoms with Crippen LogP contribution >= 0.6 is 11.6 Å². The number of carbonyl (C=O) groups excluding carboxylic acids is 1. The maximum absolute atomic E-state index is 12.8. The Hall–Kier alpha value is -3.00. The van der Waals surface area contributed by atoms with Crippen LogP contribution < -0.4 is 15.1 Å². The van der Waals surface area contributed by atoms with Gasteiger partial charge >= 0.3 is 0 Å². The molecule has 1 unspecified atom stereocenters. The molecule has 0 bridgehead atoms. The molecular formula is C20H23ClN6O2. The van der Waals surface area contributed by atoms with E-state index in [4.69, 9.17) is 21.3 Å². The van der Waals surface area contributed by atoms with E-state index in [0.717, 1.165) is 11.3 Å². The summed E-state index contributed by atoms with van der Waals surface area (Å²) in [7, 11) is 5.37. The van der Waals surface area contributed by atoms with E-state index in [-0.39, 0.29) is 18.0 Å². The van der Waals surface area contributed by atoms with Gasteiger partial charge in [0.05, 0.1) is 25.0 Å². The SMILES string of the molecule is COc1cnn(N(C)C)c1-c1nc2c(n1C(C)C)C(c1ccc(Cl)cc1)NC2=O. The molecule has 0 saturated carbocycles. The molecule has 3 heterocycles. The van der Waals surface area contributed by atoms with E-state index in [9.17, 15) is 4.79 Å². The smallest absolute Gasteiger partial charge is 0.272 e. The van der Waals surface area contributed by atoms with Gasteiger partial charge in [0, 0.05) is 25.2 Å². The Bertz CT molecular complexity index is 1070. The molecule has 0 radical (unpaired) electrons. The number of nitrogens with one attached hydrogen (secondary N) is 1. The minimum atomic E-state index is -0.305. The summed E-state index contributed by atoms with van der Waals surface area (Å²) in [6.45, 7) is 4.13. The summed E-state index contributed by atoms with van der Waals surface area (Å²) >= 11 is 6.05. The highest BCUT2D eigenvalue weighted by Gasteiger charge is 2.39. The van der Waals surface area contributed by atoms with Gasteiger partial charge in [0.1, 0.15) is 0 Å². The highest BCUT2D eigenvalue weighted by atomic mass is 35.5. The normalized spacial score (nSPS) is 15.6. The van der Waals surface area contributed by atoms with Crippen LogP contribution in [0.15, 0.2) is 30.5 Å². The fourth-order valence-corrected chi connectivity index (χ4v) is 3.85. The number of rotatable bonds is 5. The summed E-state index contributed by atoms with van der Waals surface area (Å²) in [6, 6.07) is 7.23. The monoisotopic (exact) mass is 414 g/mol. The van der Waals surface area contributed by atoms with Crippen molar-refractivity contribution in [3.63, 3.8) is 0 Å². The number of carbonyl (C=O) groups is 1. The van der Waals surface area contributed by atoms with Crippen molar-refractivity contribution in [2.45, 2.75) is 25.9 Å². The molecule has 8 nitrogen and oxygen atoms in total. The van der Waals surface area contributed by atoms with Crippen LogP contribution in [0.1, 0.15) is 47.7 Å². The Labute approximate surface area is 174 Å². The number of fused-ring (bicyclic) bond motifs is 1. The molecule has 1 N–H and O–H groups in total. The number of ether oxygens (including phenoxy) is 1. The van der Waals surface area contributed by atoms with Crippen LogP contribution in [-0.2, 0) is 0 Å². The van der Waals surface area contributed by atoms with Gasteiger partial charge in [-0.15, -0.1) is 0 Å². The molecule has 0 aliphatic carbocycles. The molecule has 1 amide bonds. The van der Waals surface area contributed by atoms with Crippen molar-refractivity contribution < 1.29 is 9.53 Å². The number of amides is 1. The number of hydrogen-bond acceptors (Lipinski definition) is 5. The second-order valence-electron chi connectivity index (χ2n) is 7.39. The first kappa shape index (κ1) is 19.3. The molecule has 3 aromatic rings. The fourth-order valence-electron chi connectivity index (χ4n) is 3.72. The van der Waals surface area contributed by atoms with Crippen molar-refractivity contribution in [1.82, 2.24) is 24.8 Å². The number of halogens is 1. The predicted octanol–water partition coefficient (Wildman–Crippen LogP) is 3.02. The first-order chi connectivity index (χ1) is 13.8. The van der Waals surface area contributed by atoms with E-state index in [0.29, 0.717) is 28.0 Å². The summed E-state index contributed by atoms with van der Waals surface area (Å²) < 4.78 is 7.61. The molecule has 0 fully saturated rings. The molecule has 2 aromatic heterocycles. The van der Waals surface area contributed by atoms with Gasteiger partial charge in [-0.3, -0.25) is 4.79 Å². The van der Waals surface area contributed by atoms with Crippen molar-refractivity contribution >= 4 is 17.5 Å². The van der Waals surface area contributed by atoms with Crippen LogP contribution in [0.2, 0.25) is 5.02 Å². The van der Waals surface area contributed by atoms with Gasteiger partial charge in [0.15, 0.2) is 23.0 Å². The van der Waals surface area contributed by atoms with Crippen molar-refractivity contribution in [2.24, 2.45) is 0 Å². The lowest BCUT2D eigenvalue weighted by Gasteiger charge is -2.22. The summed E-state index contributed by atoms with van der Waals surface area (Å²) in [6.07, 6.45) is 1.65. The number of imidazole rings is 1. The molecule has 0 saturated heterocycles. The molecule has 1 aliphatic heterocycles. The lowest BCUT2D eigenvalue weighted by Crippen LogP contribution is -2.28. The van der Waals surface area contributed by atoms with Gasteiger partial charge < -0.3 is 19.6 Å². The molecular weight excluding hydrogens is 392 g/mol. The van der Waals surface area contributed by atoms with E-state index in [2.05, 4.69) is 28.8 Å². The maximum Gasteiger partial charge on any atom is 0.272 e. The number of nitrogens with zero attached hydrogens (tertiary/aromatic N) is 5. The third kappa shape index (κ3) is 3.04. The average Bonchev–Trinajstić information content (AvgIpc) is 3.34. The van der Waals surface area contributed by atoms with E-state index < -0.39 is 0 Å². The van der Waals surface area contributed by atoms with E-state index in [1.54, 1.807) is 18.1 Å². The highest BCUT2D eigenvalue weighted by Crippen LogP contribution is 2.39. The zero-order valence-corrected chi connectivity index (χ0v) is 17.7. The largest absolute Gasteiger partial charge is 0.493 e. The number of methoxy groups -OCH3 is 1. The Morgan fingerprint density at radius 2 is 1.93 bits per heavy atom. The summed E-state index contributed by atoms with van der Waals surface area (Å²) in [5.41, 5.74) is 2.89. The maximum atomic E-state index is 12.8. The Balaban J connectivity index is 1.96. The van der Waals surface area contributed by atoms with Crippen molar-refractivity contribution in [1.29, 1.82) is 0 Å². The third-order valence-electron chi connectivity index (χ3n) is 4.96. The molecule has 4 rings (SSSR count). The van der Waals surface area contributed by atoms with Crippen molar-refractivity contribution in [3.8, 4) is 17.3 Å². The molecule has 9 heteroatoms. The fraction of sp³-hybridized carbons (Fsp3) is 0.350. The van der Waals surface area contributed by atoms with Crippen LogP contribution in [0.3, 0.4) is 0 Å². The lowest BCUT2D eigenvalue weighted by atomic mass is 10.0. The van der Waals surface area contributed by atoms with Gasteiger partial charge in [-0.2, -0.15) is 9.89 Å². The zero-order valence-electron chi connectivity index (χ0n) is 17.0. The van der Waals surface area contributed by atoms with Crippen molar-refractivity contribution in [2.75, 3.05) is 26.2 Å². The summed E-state index contributed by atoms with van der Waals surface area (Å²) in [5.74, 6) is 1.03. The van der Waals surface area contributed by atoms with Gasteiger partial charge in [0.2, 0.25) is 0 Å². The van der Waals surface area contributed by atoms with Crippen LogP contribution in [0.25, 0.3) is 11.5 Å². The van der Waals surface area contributed by atoms with Crippen LogP contribution in [-0.4, -0.2) is 46.6 Å². The first-order valence-corrected chi connectivity index (χ1v) is 9.69. The number of aromatic nitrogens is 4. The molecule has 1 atom stereocenters. The standard InChI is InChI=1S/C20H23ClN6O2/c1-11(2)26-18-15(12-6-8-13(21)9-7-12)24-20(28)16(18)23-19(26)17-14(29-5)10-22-27(17)25(3)4/h6-11,15H,1-5H3,(H,24,28). The lowest BCUT2D eigenvalue weighted by molar-refractivity contribution is 0.0956. The minimum Gasteiger partial charge on any atom is -0.493 e. The molecule has 29 heavy (non-hydrogen) atoms. The number of benzene rings is 1. The van der Waals surface area contributed by atoms with Crippen LogP contribution in [0, 0.1) is 0 Å². The Kier molecular flexibility index (Phi) is 4.74. The Morgan fingerprint density at radius 1 is 1.24 bits per heavy atom. The average molecular weight is 415 g/mol. The van der Waals surface area contributed by atoms with Gasteiger partial charge in [-0.25, -0.2) is 4.98 Å². The van der Waals surface area contributed by atoms with E-state index in [1.165, 1.54) is 0 Å². The second-order valence-corrected chi connectivity index (χ2v) is 7.83. The van der Waals surface area contributed by atoms with Crippen LogP contribution in [0.4, 0.5) is 0 Å². The van der Waals surface area contributed by atoms with Gasteiger partial charge in [0.25, 0.3) is 5.91 Å². The van der Waals surface area contributed by atoms with Gasteiger partial charge in [-0.05, 0) is 31.5 Å². The molecule has 1 aromatic carbocycles. The topological polar surface area (TPSA) is 77.2 Å². The molecule has 1 aliphatic rings. The van der Waals surface area contributed by atoms with E-state index >= 15 is 0 Å². The minimum absolute atomic E-state index is 0.0546. The zero-order chi connectivity index (χ0) is 20.9. The molecule has 0 spiro atoms. The third-order valence-corrected chi connectivity index (χ3v) is 5.21. The summed E-state index contributed by atoms with van der Waals surface area (Å²) in [5, 5.41) is 9.92. The predicted molar refractivity (Wildman–Crippen MR) is 111 cm³/mol. The number of hydrogen-bond donors (Lipinski definition) is 1. The van der Waals surface area contributed by atoms with Crippen LogP contribution in [0.5, 0.6) is 5.75 Å². The Morgan fingerprint density at radius 3 is 2.52 bits per heavy atom. The second kappa shape index (κ2) is 7.11. The van der Waals surface area contributed by atoms with E-state index in [1.807, 2.05) is 43.4 Å².